The van der Waals surface area contributed by atoms with Crippen LogP contribution in [0.25, 0.3) is 28.0 Å². The maximum Gasteiger partial charge on any atom is 1.00 e. The zero-order valence-corrected chi connectivity index (χ0v) is 19.1. The molecule has 0 unspecified atom stereocenters. The van der Waals surface area contributed by atoms with Crippen molar-refractivity contribution in [2.24, 2.45) is 0 Å². The van der Waals surface area contributed by atoms with Gasteiger partial charge in [-0.05, 0) is 29.8 Å². The maximum absolute atomic E-state index is 14.3. The molecule has 27 heavy (non-hydrogen) atoms. The Hall–Kier alpha value is -1.35. The van der Waals surface area contributed by atoms with Gasteiger partial charge in [-0.2, -0.15) is 0 Å². The Morgan fingerprint density at radius 1 is 1.07 bits per heavy atom. The van der Waals surface area contributed by atoms with E-state index in [0.717, 1.165) is 5.56 Å². The van der Waals surface area contributed by atoms with Gasteiger partial charge in [-0.3, -0.25) is 0 Å². The van der Waals surface area contributed by atoms with E-state index in [4.69, 9.17) is 0 Å². The predicted octanol–water partition coefficient (Wildman–Crippen LogP) is 2.38. The van der Waals surface area contributed by atoms with Crippen LogP contribution in [0, 0.1) is 5.82 Å². The van der Waals surface area contributed by atoms with E-state index in [0.29, 0.717) is 26.9 Å². The van der Waals surface area contributed by atoms with Crippen LogP contribution in [0.4, 0.5) is 4.39 Å². The quantitative estimate of drug-likeness (QED) is 0.487. The number of aromatic nitrogens is 2. The monoisotopic (exact) mass is 450 g/mol. The van der Waals surface area contributed by atoms with E-state index in [1.165, 1.54) is 12.3 Å². The van der Waals surface area contributed by atoms with Gasteiger partial charge in [0.05, 0.1) is 11.3 Å². The van der Waals surface area contributed by atoms with E-state index in [2.05, 4.69) is 20.9 Å². The molecule has 0 fully saturated rings. The molecular weight excluding hydrogens is 438 g/mol. The first kappa shape index (κ1) is 20.4. The zero-order chi connectivity index (χ0) is 18.3. The minimum absolute atomic E-state index is 0. The summed E-state index contributed by atoms with van der Waals surface area (Å²) in [5, 5.41) is 9.42. The summed E-state index contributed by atoms with van der Waals surface area (Å²) in [6.45, 7) is 0. The van der Waals surface area contributed by atoms with Crippen molar-refractivity contribution in [1.82, 2.24) is 9.38 Å². The number of rotatable bonds is 3. The number of fused-ring (bicyclic) bond motifs is 1. The van der Waals surface area contributed by atoms with E-state index in [1.54, 1.807) is 28.8 Å². The van der Waals surface area contributed by atoms with Crippen LogP contribution in [-0.4, -0.2) is 20.5 Å². The molecule has 0 atom stereocenters. The average Bonchev–Trinajstić information content (AvgIpc) is 3.05. The average molecular weight is 451 g/mol. The van der Waals surface area contributed by atoms with Crippen LogP contribution in [0.1, 0.15) is 11.8 Å². The van der Waals surface area contributed by atoms with Crippen molar-refractivity contribution in [1.29, 1.82) is 0 Å². The molecule has 0 aliphatic heterocycles. The van der Waals surface area contributed by atoms with Crippen molar-refractivity contribution >= 4 is 27.5 Å². The van der Waals surface area contributed by atoms with Gasteiger partial charge in [0, 0.05) is 28.0 Å². The van der Waals surface area contributed by atoms with Crippen molar-refractivity contribution in [3.63, 3.8) is 0 Å². The Labute approximate surface area is 207 Å². The second-order valence-corrected chi connectivity index (χ2v) is 6.71. The van der Waals surface area contributed by atoms with Crippen LogP contribution < -0.4 is 51.4 Å². The third-order valence-corrected chi connectivity index (χ3v) is 4.58. The van der Waals surface area contributed by atoms with Gasteiger partial charge in [0.25, 0.3) is 0 Å². The smallest absolute Gasteiger partial charge is 1.00 e. The molecule has 4 aromatic rings. The Morgan fingerprint density at radius 2 is 1.81 bits per heavy atom. The molecule has 2 heterocycles. The van der Waals surface area contributed by atoms with E-state index in [9.17, 15) is 14.3 Å². The minimum atomic E-state index is -1.03. The van der Waals surface area contributed by atoms with Crippen LogP contribution in [0.15, 0.2) is 71.5 Å². The Morgan fingerprint density at radius 3 is 2.48 bits per heavy atom. The topological polar surface area (TPSA) is 54.6 Å². The summed E-state index contributed by atoms with van der Waals surface area (Å²) in [5.41, 5.74) is 3.01. The van der Waals surface area contributed by atoms with E-state index >= 15 is 0 Å². The first-order valence-corrected chi connectivity index (χ1v) is 8.59. The molecule has 4 nitrogen and oxygen atoms in total. The van der Waals surface area contributed by atoms with Crippen molar-refractivity contribution in [2.75, 3.05) is 0 Å². The molecule has 0 saturated carbocycles. The summed E-state index contributed by atoms with van der Waals surface area (Å²) in [6, 6.07) is 15.7. The van der Waals surface area contributed by atoms with E-state index in [-0.39, 0.29) is 58.4 Å². The van der Waals surface area contributed by atoms with Crippen molar-refractivity contribution in [3.05, 3.63) is 82.8 Å². The normalized spacial score (nSPS) is 10.6. The largest absolute Gasteiger partial charge is 1.00 e. The summed E-state index contributed by atoms with van der Waals surface area (Å²) in [6.07, 6.45) is 3.12. The number of imidazole rings is 1. The molecule has 2 aromatic carbocycles. The fourth-order valence-corrected chi connectivity index (χ4v) is 3.21. The molecule has 4 rings (SSSR count). The van der Waals surface area contributed by atoms with Gasteiger partial charge in [-0.15, -0.1) is 0 Å². The number of benzene rings is 2. The number of halogens is 2. The second kappa shape index (κ2) is 8.34. The summed E-state index contributed by atoms with van der Waals surface area (Å²) in [5.74, 6) is -1.43. The van der Waals surface area contributed by atoms with Gasteiger partial charge < -0.3 is 10.9 Å². The number of carbonyl (C=O) groups is 1. The summed E-state index contributed by atoms with van der Waals surface area (Å²) < 4.78 is 16.6. The predicted molar refractivity (Wildman–Crippen MR) is 102 cm³/mol. The van der Waals surface area contributed by atoms with E-state index in [1.807, 2.05) is 30.3 Å². The van der Waals surface area contributed by atoms with Crippen LogP contribution >= 0.6 is 15.9 Å². The van der Waals surface area contributed by atoms with Crippen molar-refractivity contribution in [2.45, 2.75) is 0 Å². The molecule has 1 N–H and O–H groups in total. The molecule has 2 aromatic heterocycles. The van der Waals surface area contributed by atoms with Gasteiger partial charge in [-0.1, -0.05) is 46.3 Å². The molecule has 0 aliphatic carbocycles. The van der Waals surface area contributed by atoms with Crippen molar-refractivity contribution in [3.8, 4) is 22.4 Å². The van der Waals surface area contributed by atoms with Crippen molar-refractivity contribution < 1.29 is 67.1 Å². The molecule has 0 bridgehead atoms. The molecule has 0 spiro atoms. The Balaban J connectivity index is 0.00000140. The summed E-state index contributed by atoms with van der Waals surface area (Å²) in [4.78, 5) is 16.1. The number of pyridine rings is 1. The molecule has 0 amide bonds. The maximum atomic E-state index is 14.3. The Kier molecular flexibility index (Phi) is 6.30. The third-order valence-electron chi connectivity index (χ3n) is 4.09. The minimum Gasteiger partial charge on any atom is -1.00 e. The molecule has 7 heteroatoms. The standard InChI is InChI=1S/C20H12BrFN2O2.K.H/c21-14-6-7-15(17(22)9-14)18-11-24-10-13(20(25)26)8-16(19(24)23-18)12-4-2-1-3-5-12;;/h1-11H,(H,25,26);;/q;+1;-1. The number of hydrogen-bond acceptors (Lipinski definition) is 2. The van der Waals surface area contributed by atoms with Gasteiger partial charge in [0.2, 0.25) is 0 Å². The number of aromatic carboxylic acids is 1. The number of nitrogens with zero attached hydrogens (tertiary/aromatic N) is 2. The zero-order valence-electron chi connectivity index (χ0n) is 15.4. The van der Waals surface area contributed by atoms with Gasteiger partial charge in [0.15, 0.2) is 0 Å². The first-order valence-electron chi connectivity index (χ1n) is 7.80. The summed E-state index contributed by atoms with van der Waals surface area (Å²) in [7, 11) is 0. The molecule has 0 aliphatic rings. The fourth-order valence-electron chi connectivity index (χ4n) is 2.87. The third kappa shape index (κ3) is 4.08. The molecular formula is C20H13BrFKN2O2. The number of hydrogen-bond donors (Lipinski definition) is 1. The van der Waals surface area contributed by atoms with Crippen LogP contribution in [0.5, 0.6) is 0 Å². The van der Waals surface area contributed by atoms with Crippen LogP contribution in [-0.2, 0) is 0 Å². The SMILES string of the molecule is O=C(O)c1cc(-c2ccccc2)c2nc(-c3ccc(Br)cc3F)cn2c1.[H-].[K+]. The van der Waals surface area contributed by atoms with Gasteiger partial charge >= 0.3 is 57.4 Å². The van der Waals surface area contributed by atoms with Crippen LogP contribution in [0.2, 0.25) is 0 Å². The molecule has 0 radical (unpaired) electrons. The van der Waals surface area contributed by atoms with E-state index < -0.39 is 11.8 Å². The number of carboxylic acids is 1. The second-order valence-electron chi connectivity index (χ2n) is 5.79. The number of carboxylic acid groups (broad SMARTS) is 1. The van der Waals surface area contributed by atoms with Gasteiger partial charge in [0.1, 0.15) is 11.5 Å². The molecule has 130 valence electrons. The summed E-state index contributed by atoms with van der Waals surface area (Å²) >= 11 is 3.24. The molecule has 0 saturated heterocycles. The van der Waals surface area contributed by atoms with Gasteiger partial charge in [-0.25, -0.2) is 14.2 Å². The van der Waals surface area contributed by atoms with Crippen LogP contribution in [0.3, 0.4) is 0 Å². The fraction of sp³-hybridized carbons (Fsp3) is 0. The Bertz CT molecular complexity index is 1150. The first-order chi connectivity index (χ1) is 12.5.